The minimum Gasteiger partial charge on any atom is -0.319 e. The first-order valence-corrected chi connectivity index (χ1v) is 13.4. The number of aromatic nitrogens is 1. The van der Waals surface area contributed by atoms with Crippen LogP contribution in [-0.2, 0) is 16.1 Å². The Labute approximate surface area is 189 Å². The number of nitrogens with two attached hydrogens (primary N) is 1. The standard InChI is InChI=1S/C20H22FN2O2S3.C2H6/c21-25-9-5-11-28(24)20-18(22)17-14(13-6-2-1-3-7-13)12-15(23-19(17)27-20)16-8-4-10-26-16;1-2/h1-4,6-7,10,12,16,18,20,24H,5,8-9,11,22H2;1-2H3/q+1;. The fraction of sp³-hybridized carbons (Fsp3) is 0.409. The van der Waals surface area contributed by atoms with Gasteiger partial charge in [-0.25, -0.2) is 4.98 Å². The van der Waals surface area contributed by atoms with Gasteiger partial charge in [0.25, 0.3) is 0 Å². The maximum absolute atomic E-state index is 11.9. The summed E-state index contributed by atoms with van der Waals surface area (Å²) in [6.07, 6.45) is 3.61. The molecule has 4 rings (SSSR count). The molecule has 0 aliphatic carbocycles. The summed E-state index contributed by atoms with van der Waals surface area (Å²) in [7, 11) is 0. The van der Waals surface area contributed by atoms with Crippen LogP contribution in [0.4, 0.5) is 4.53 Å². The topological polar surface area (TPSA) is 68.4 Å². The van der Waals surface area contributed by atoms with Crippen molar-refractivity contribution < 1.29 is 14.0 Å². The molecule has 0 radical (unpaired) electrons. The Balaban J connectivity index is 0.00000124. The van der Waals surface area contributed by atoms with Crippen LogP contribution in [-0.4, -0.2) is 26.5 Å². The molecule has 2 aliphatic heterocycles. The van der Waals surface area contributed by atoms with Crippen LogP contribution in [0.3, 0.4) is 0 Å². The normalized spacial score (nSPS) is 23.0. The number of hydrogen-bond donors (Lipinski definition) is 2. The first-order chi connectivity index (χ1) is 14.7. The van der Waals surface area contributed by atoms with Gasteiger partial charge in [0.05, 0.1) is 23.6 Å². The third-order valence-corrected chi connectivity index (χ3v) is 9.51. The van der Waals surface area contributed by atoms with Crippen LogP contribution in [0.5, 0.6) is 0 Å². The van der Waals surface area contributed by atoms with Crippen molar-refractivity contribution in [2.75, 3.05) is 12.4 Å². The van der Waals surface area contributed by atoms with Gasteiger partial charge in [0.2, 0.25) is 4.58 Å². The van der Waals surface area contributed by atoms with E-state index in [1.54, 1.807) is 23.5 Å². The zero-order valence-electron chi connectivity index (χ0n) is 17.2. The van der Waals surface area contributed by atoms with Crippen LogP contribution < -0.4 is 5.73 Å². The zero-order chi connectivity index (χ0) is 21.5. The van der Waals surface area contributed by atoms with Crippen molar-refractivity contribution in [2.24, 2.45) is 5.73 Å². The van der Waals surface area contributed by atoms with Gasteiger partial charge >= 0.3 is 0 Å². The smallest absolute Gasteiger partial charge is 0.220 e. The lowest BCUT2D eigenvalue weighted by Gasteiger charge is -2.16. The van der Waals surface area contributed by atoms with E-state index in [0.717, 1.165) is 33.8 Å². The highest BCUT2D eigenvalue weighted by molar-refractivity contribution is 8.13. The minimum absolute atomic E-state index is 0.00675. The lowest BCUT2D eigenvalue weighted by Crippen LogP contribution is -2.29. The molecule has 0 amide bonds. The Bertz CT molecular complexity index is 846. The van der Waals surface area contributed by atoms with Crippen LogP contribution >= 0.6 is 23.5 Å². The Morgan fingerprint density at radius 1 is 1.30 bits per heavy atom. The third-order valence-electron chi connectivity index (χ3n) is 4.84. The number of hydrogen-bond acceptors (Lipinski definition) is 6. The summed E-state index contributed by atoms with van der Waals surface area (Å²) in [4.78, 5) is 8.56. The second-order valence-corrected chi connectivity index (χ2v) is 11.0. The van der Waals surface area contributed by atoms with Gasteiger partial charge in [-0.3, -0.25) is 0 Å². The molecular weight excluding hydrogens is 439 g/mol. The van der Waals surface area contributed by atoms with Crippen molar-refractivity contribution in [1.29, 1.82) is 0 Å². The van der Waals surface area contributed by atoms with Gasteiger partial charge in [0.1, 0.15) is 10.8 Å². The number of thioether (sulfide) groups is 2. The molecule has 4 nitrogen and oxygen atoms in total. The molecule has 2 aromatic rings. The van der Waals surface area contributed by atoms with Crippen molar-refractivity contribution in [3.8, 4) is 11.1 Å². The SMILES string of the molecule is CC.NC1c2c(-c3ccccc3)cc(C3CC=CS3)nc2SC1[S+](O)CCCOF. The molecule has 8 heteroatoms. The third kappa shape index (κ3) is 5.23. The largest absolute Gasteiger partial charge is 0.319 e. The highest BCUT2D eigenvalue weighted by Gasteiger charge is 2.46. The molecule has 0 saturated heterocycles. The molecule has 0 saturated carbocycles. The van der Waals surface area contributed by atoms with Crippen LogP contribution in [0.15, 0.2) is 52.9 Å². The van der Waals surface area contributed by atoms with E-state index in [0.29, 0.717) is 17.4 Å². The molecule has 3 heterocycles. The Kier molecular flexibility index (Phi) is 9.10. The van der Waals surface area contributed by atoms with Gasteiger partial charge < -0.3 is 5.73 Å². The fourth-order valence-electron chi connectivity index (χ4n) is 3.48. The van der Waals surface area contributed by atoms with Crippen molar-refractivity contribution >= 4 is 34.7 Å². The summed E-state index contributed by atoms with van der Waals surface area (Å²) < 4.78 is 22.4. The minimum atomic E-state index is -0.943. The van der Waals surface area contributed by atoms with Crippen molar-refractivity contribution in [1.82, 2.24) is 4.98 Å². The van der Waals surface area contributed by atoms with Crippen molar-refractivity contribution in [3.63, 3.8) is 0 Å². The summed E-state index contributed by atoms with van der Waals surface area (Å²) in [6, 6.07) is 12.1. The second kappa shape index (κ2) is 11.5. The molecule has 4 atom stereocenters. The van der Waals surface area contributed by atoms with E-state index in [9.17, 15) is 9.08 Å². The number of halogens is 1. The molecule has 0 fully saturated rings. The lowest BCUT2D eigenvalue weighted by atomic mass is 9.96. The average molecular weight is 468 g/mol. The van der Waals surface area contributed by atoms with E-state index in [4.69, 9.17) is 10.7 Å². The van der Waals surface area contributed by atoms with Crippen LogP contribution in [0.25, 0.3) is 11.1 Å². The highest BCUT2D eigenvalue weighted by Crippen LogP contribution is 2.50. The monoisotopic (exact) mass is 467 g/mol. The van der Waals surface area contributed by atoms with Gasteiger partial charge in [0, 0.05) is 12.0 Å². The van der Waals surface area contributed by atoms with E-state index >= 15 is 0 Å². The van der Waals surface area contributed by atoms with E-state index in [1.165, 1.54) is 0 Å². The van der Waals surface area contributed by atoms with Crippen LogP contribution in [0, 0.1) is 0 Å². The second-order valence-electron chi connectivity index (χ2n) is 6.70. The Hall–Kier alpha value is -1.03. The predicted molar refractivity (Wildman–Crippen MR) is 128 cm³/mol. The maximum atomic E-state index is 11.9. The zero-order valence-corrected chi connectivity index (χ0v) is 19.6. The summed E-state index contributed by atoms with van der Waals surface area (Å²) in [5.74, 6) is 0.471. The average Bonchev–Trinajstić information content (AvgIpc) is 3.44. The number of rotatable bonds is 7. The molecule has 0 bridgehead atoms. The van der Waals surface area contributed by atoms with E-state index < -0.39 is 11.2 Å². The van der Waals surface area contributed by atoms with Gasteiger partial charge in [-0.05, 0) is 45.3 Å². The van der Waals surface area contributed by atoms with Gasteiger partial charge in [-0.15, -0.1) is 11.8 Å². The quantitative estimate of drug-likeness (QED) is 0.369. The Morgan fingerprint density at radius 2 is 2.07 bits per heavy atom. The predicted octanol–water partition coefficient (Wildman–Crippen LogP) is 6.28. The number of allylic oxidation sites excluding steroid dienone is 1. The van der Waals surface area contributed by atoms with Crippen molar-refractivity contribution in [3.05, 3.63) is 59.1 Å². The lowest BCUT2D eigenvalue weighted by molar-refractivity contribution is -0.131. The van der Waals surface area contributed by atoms with Crippen molar-refractivity contribution in [2.45, 2.75) is 47.6 Å². The number of nitrogens with zero attached hydrogens (tertiary/aromatic N) is 1. The fourth-order valence-corrected chi connectivity index (χ4v) is 7.54. The van der Waals surface area contributed by atoms with Crippen LogP contribution in [0.1, 0.15) is 49.2 Å². The highest BCUT2D eigenvalue weighted by atomic mass is 32.3. The summed E-state index contributed by atoms with van der Waals surface area (Å²) >= 11 is 2.40. The molecule has 3 N–H and O–H groups in total. The Morgan fingerprint density at radius 3 is 2.73 bits per heavy atom. The molecule has 1 aromatic carbocycles. The molecule has 30 heavy (non-hydrogen) atoms. The van der Waals surface area contributed by atoms with Gasteiger partial charge in [-0.2, -0.15) is 9.49 Å². The molecule has 2 aliphatic rings. The summed E-state index contributed by atoms with van der Waals surface area (Å²) in [6.45, 7) is 3.99. The molecule has 0 spiro atoms. The molecule has 162 valence electrons. The molecule has 1 aromatic heterocycles. The van der Waals surface area contributed by atoms with Gasteiger partial charge in [0.15, 0.2) is 11.2 Å². The van der Waals surface area contributed by atoms with Crippen LogP contribution in [0.2, 0.25) is 0 Å². The van der Waals surface area contributed by atoms with E-state index in [1.807, 2.05) is 32.0 Å². The van der Waals surface area contributed by atoms with E-state index in [2.05, 4.69) is 34.6 Å². The summed E-state index contributed by atoms with van der Waals surface area (Å²) in [5.41, 5.74) is 10.9. The van der Waals surface area contributed by atoms with E-state index in [-0.39, 0.29) is 17.2 Å². The first-order valence-electron chi connectivity index (χ1n) is 10.1. The maximum Gasteiger partial charge on any atom is 0.220 e. The summed E-state index contributed by atoms with van der Waals surface area (Å²) in [5, 5.41) is 3.36. The van der Waals surface area contributed by atoms with Gasteiger partial charge in [-0.1, -0.05) is 50.3 Å². The molecule has 4 unspecified atom stereocenters. The number of fused-ring (bicyclic) bond motifs is 1. The number of benzene rings is 1. The number of pyridine rings is 1. The molecular formula is C22H28FN2O2S3+. The first kappa shape index (κ1) is 23.6.